The summed E-state index contributed by atoms with van der Waals surface area (Å²) in [5, 5.41) is 31.5. The standard InChI is InChI=1S/C61H108O12/c1-4-7-10-13-16-19-22-24-26-27-29-31-34-37-40-43-46-49-55(64)72-59-57(66)56(65)58(60(67)68)73-61(59)70-51-52(71-54(63)48-45-42-39-36-32-21-18-15-12-9-6-3)50-69-53(62)47-44-41-38-35-33-30-28-25-23-20-17-14-11-8-5-2/h16,19,24-26,28,52,56-59,61,65-66H,4-15,17-18,20-23,27,29-51H2,1-3H3,(H,67,68)/b19-16-,26-24-,28-25-. The molecule has 0 aromatic rings. The summed E-state index contributed by atoms with van der Waals surface area (Å²) in [6, 6.07) is 0. The average molecular weight is 1030 g/mol. The highest BCUT2D eigenvalue weighted by molar-refractivity contribution is 5.74. The molecular formula is C61H108O12. The number of rotatable bonds is 51. The molecule has 6 atom stereocenters. The fourth-order valence-corrected chi connectivity index (χ4v) is 9.04. The number of unbranched alkanes of at least 4 members (excludes halogenated alkanes) is 31. The van der Waals surface area contributed by atoms with E-state index in [0.717, 1.165) is 116 Å². The molecule has 0 saturated carbocycles. The first-order valence-corrected chi connectivity index (χ1v) is 30.0. The van der Waals surface area contributed by atoms with Crippen LogP contribution in [0.15, 0.2) is 36.5 Å². The van der Waals surface area contributed by atoms with Gasteiger partial charge >= 0.3 is 23.9 Å². The normalized spacial score (nSPS) is 18.5. The molecule has 12 heteroatoms. The highest BCUT2D eigenvalue weighted by Crippen LogP contribution is 2.26. The van der Waals surface area contributed by atoms with Gasteiger partial charge in [-0.3, -0.25) is 14.4 Å². The highest BCUT2D eigenvalue weighted by Gasteiger charge is 2.50. The molecule has 1 aliphatic rings. The summed E-state index contributed by atoms with van der Waals surface area (Å²) in [7, 11) is 0. The Morgan fingerprint density at radius 2 is 0.822 bits per heavy atom. The fourth-order valence-electron chi connectivity index (χ4n) is 9.04. The molecule has 1 fully saturated rings. The lowest BCUT2D eigenvalue weighted by Gasteiger charge is -2.40. The Balaban J connectivity index is 2.67. The molecule has 1 saturated heterocycles. The average Bonchev–Trinajstić information content (AvgIpc) is 3.37. The van der Waals surface area contributed by atoms with Crippen LogP contribution in [-0.2, 0) is 42.9 Å². The second-order valence-corrected chi connectivity index (χ2v) is 20.6. The molecule has 12 nitrogen and oxygen atoms in total. The van der Waals surface area contributed by atoms with Crippen LogP contribution in [0.3, 0.4) is 0 Å². The first-order chi connectivity index (χ1) is 35.6. The van der Waals surface area contributed by atoms with Gasteiger partial charge in [-0.2, -0.15) is 0 Å². The smallest absolute Gasteiger partial charge is 0.335 e. The van der Waals surface area contributed by atoms with Crippen molar-refractivity contribution in [2.24, 2.45) is 0 Å². The molecule has 3 N–H and O–H groups in total. The molecule has 0 radical (unpaired) electrons. The molecule has 424 valence electrons. The number of carboxylic acid groups (broad SMARTS) is 1. The van der Waals surface area contributed by atoms with Crippen LogP contribution in [0.25, 0.3) is 0 Å². The SMILES string of the molecule is CCCCC/C=C\C/C=C\CCCCCCCCCC(=O)OC1C(OCC(COC(=O)CCCCCCC/C=C\CCCCCCCC)OC(=O)CCCCCCCCCCCCC)OC(C(=O)O)C(O)C1O. The monoisotopic (exact) mass is 1030 g/mol. The summed E-state index contributed by atoms with van der Waals surface area (Å²) >= 11 is 0. The molecule has 0 aromatic carbocycles. The molecule has 0 aliphatic carbocycles. The zero-order valence-electron chi connectivity index (χ0n) is 46.6. The van der Waals surface area contributed by atoms with Gasteiger partial charge in [0.2, 0.25) is 0 Å². The summed E-state index contributed by atoms with van der Waals surface area (Å²) < 4.78 is 28.4. The van der Waals surface area contributed by atoms with Gasteiger partial charge in [-0.25, -0.2) is 4.79 Å². The number of aliphatic hydroxyl groups excluding tert-OH is 2. The number of ether oxygens (including phenoxy) is 5. The van der Waals surface area contributed by atoms with E-state index in [2.05, 4.69) is 57.2 Å². The Morgan fingerprint density at radius 1 is 0.452 bits per heavy atom. The Kier molecular flexibility index (Phi) is 46.4. The summed E-state index contributed by atoms with van der Waals surface area (Å²) in [5.74, 6) is -3.12. The number of carbonyl (C=O) groups is 4. The van der Waals surface area contributed by atoms with Crippen molar-refractivity contribution in [1.29, 1.82) is 0 Å². The molecule has 1 rings (SSSR count). The maximum absolute atomic E-state index is 13.1. The summed E-state index contributed by atoms with van der Waals surface area (Å²) in [5.41, 5.74) is 0. The van der Waals surface area contributed by atoms with Gasteiger partial charge in [0, 0.05) is 19.3 Å². The predicted octanol–water partition coefficient (Wildman–Crippen LogP) is 15.2. The largest absolute Gasteiger partial charge is 0.479 e. The molecule has 0 aromatic heterocycles. The lowest BCUT2D eigenvalue weighted by atomic mass is 9.98. The maximum Gasteiger partial charge on any atom is 0.335 e. The van der Waals surface area contributed by atoms with Crippen LogP contribution in [0.4, 0.5) is 0 Å². The van der Waals surface area contributed by atoms with Crippen molar-refractivity contribution in [3.8, 4) is 0 Å². The maximum atomic E-state index is 13.1. The van der Waals surface area contributed by atoms with Gasteiger partial charge in [-0.05, 0) is 77.0 Å². The van der Waals surface area contributed by atoms with E-state index >= 15 is 0 Å². The van der Waals surface area contributed by atoms with Gasteiger partial charge in [0.05, 0.1) is 6.61 Å². The second-order valence-electron chi connectivity index (χ2n) is 20.6. The summed E-state index contributed by atoms with van der Waals surface area (Å²) in [4.78, 5) is 51.1. The molecule has 0 spiro atoms. The minimum atomic E-state index is -1.90. The minimum absolute atomic E-state index is 0.0537. The molecule has 73 heavy (non-hydrogen) atoms. The lowest BCUT2D eigenvalue weighted by molar-refractivity contribution is -0.301. The second kappa shape index (κ2) is 49.8. The van der Waals surface area contributed by atoms with Crippen LogP contribution in [0.1, 0.15) is 278 Å². The third-order valence-corrected chi connectivity index (χ3v) is 13.7. The van der Waals surface area contributed by atoms with E-state index in [4.69, 9.17) is 23.7 Å². The minimum Gasteiger partial charge on any atom is -0.479 e. The molecular weight excluding hydrogens is 925 g/mol. The van der Waals surface area contributed by atoms with Crippen molar-refractivity contribution in [3.63, 3.8) is 0 Å². The van der Waals surface area contributed by atoms with Crippen molar-refractivity contribution < 1.29 is 58.2 Å². The van der Waals surface area contributed by atoms with Gasteiger partial charge in [0.25, 0.3) is 0 Å². The number of allylic oxidation sites excluding steroid dienone is 6. The Labute approximate surface area is 444 Å². The third kappa shape index (κ3) is 39.9. The van der Waals surface area contributed by atoms with Crippen molar-refractivity contribution in [2.75, 3.05) is 13.2 Å². The van der Waals surface area contributed by atoms with E-state index in [-0.39, 0.29) is 25.9 Å². The van der Waals surface area contributed by atoms with Crippen molar-refractivity contribution >= 4 is 23.9 Å². The van der Waals surface area contributed by atoms with Gasteiger partial charge < -0.3 is 39.0 Å². The zero-order valence-corrected chi connectivity index (χ0v) is 46.6. The Bertz CT molecular complexity index is 1410. The number of esters is 3. The van der Waals surface area contributed by atoms with Gasteiger partial charge in [0.1, 0.15) is 18.8 Å². The quantitative estimate of drug-likeness (QED) is 0.0228. The summed E-state index contributed by atoms with van der Waals surface area (Å²) in [6.45, 7) is 5.96. The number of hydrogen-bond donors (Lipinski definition) is 3. The van der Waals surface area contributed by atoms with E-state index in [9.17, 15) is 34.5 Å². The van der Waals surface area contributed by atoms with Crippen LogP contribution in [0.5, 0.6) is 0 Å². The molecule has 0 amide bonds. The molecule has 6 unspecified atom stereocenters. The molecule has 1 aliphatic heterocycles. The zero-order chi connectivity index (χ0) is 53.3. The van der Waals surface area contributed by atoms with Gasteiger partial charge in [0.15, 0.2) is 24.6 Å². The van der Waals surface area contributed by atoms with E-state index < -0.39 is 67.3 Å². The van der Waals surface area contributed by atoms with E-state index in [1.807, 2.05) is 0 Å². The Morgan fingerprint density at radius 3 is 1.27 bits per heavy atom. The first kappa shape index (κ1) is 68.0. The molecule has 1 heterocycles. The topological polar surface area (TPSA) is 175 Å². The first-order valence-electron chi connectivity index (χ1n) is 30.0. The van der Waals surface area contributed by atoms with Crippen LogP contribution in [0, 0.1) is 0 Å². The van der Waals surface area contributed by atoms with E-state index in [1.165, 1.54) is 103 Å². The van der Waals surface area contributed by atoms with E-state index in [0.29, 0.717) is 19.3 Å². The van der Waals surface area contributed by atoms with Crippen LogP contribution in [0.2, 0.25) is 0 Å². The summed E-state index contributed by atoms with van der Waals surface area (Å²) in [6.07, 6.45) is 45.4. The van der Waals surface area contributed by atoms with E-state index in [1.54, 1.807) is 0 Å². The number of aliphatic carboxylic acids is 1. The van der Waals surface area contributed by atoms with Crippen LogP contribution in [-0.4, -0.2) is 89.2 Å². The highest BCUT2D eigenvalue weighted by atomic mass is 16.7. The number of carboxylic acids is 1. The number of carbonyl (C=O) groups excluding carboxylic acids is 3. The fraction of sp³-hybridized carbons (Fsp3) is 0.836. The van der Waals surface area contributed by atoms with Crippen LogP contribution >= 0.6 is 0 Å². The van der Waals surface area contributed by atoms with Crippen LogP contribution < -0.4 is 0 Å². The van der Waals surface area contributed by atoms with Gasteiger partial charge in [-0.15, -0.1) is 0 Å². The van der Waals surface area contributed by atoms with Crippen molar-refractivity contribution in [1.82, 2.24) is 0 Å². The van der Waals surface area contributed by atoms with Crippen molar-refractivity contribution in [2.45, 2.75) is 314 Å². The third-order valence-electron chi connectivity index (χ3n) is 13.7. The predicted molar refractivity (Wildman–Crippen MR) is 294 cm³/mol. The number of hydrogen-bond acceptors (Lipinski definition) is 11. The van der Waals surface area contributed by atoms with Crippen molar-refractivity contribution in [3.05, 3.63) is 36.5 Å². The Hall–Kier alpha value is -3.06. The number of aliphatic hydroxyl groups is 2. The molecule has 0 bridgehead atoms. The lowest BCUT2D eigenvalue weighted by Crippen LogP contribution is -2.61. The van der Waals surface area contributed by atoms with Gasteiger partial charge in [-0.1, -0.05) is 218 Å².